The van der Waals surface area contributed by atoms with Crippen molar-refractivity contribution in [3.8, 4) is 23.6 Å². The second-order valence-electron chi connectivity index (χ2n) is 7.01. The molecule has 1 heterocycles. The van der Waals surface area contributed by atoms with E-state index in [0.717, 1.165) is 27.9 Å². The highest BCUT2D eigenvalue weighted by molar-refractivity contribution is 5.65. The van der Waals surface area contributed by atoms with E-state index in [1.807, 2.05) is 35.9 Å². The van der Waals surface area contributed by atoms with Gasteiger partial charge in [-0.3, -0.25) is 4.68 Å². The molecule has 28 heavy (non-hydrogen) atoms. The van der Waals surface area contributed by atoms with E-state index in [-0.39, 0.29) is 5.69 Å². The molecule has 0 amide bonds. The van der Waals surface area contributed by atoms with Crippen molar-refractivity contribution in [2.45, 2.75) is 33.2 Å². The average molecular weight is 374 g/mol. The molecule has 1 aromatic heterocycles. The quantitative estimate of drug-likeness (QED) is 0.407. The first-order valence-corrected chi connectivity index (χ1v) is 9.16. The van der Waals surface area contributed by atoms with Gasteiger partial charge in [-0.15, -0.1) is 6.42 Å². The molecule has 0 aliphatic heterocycles. The maximum atomic E-state index is 14.5. The van der Waals surface area contributed by atoms with Gasteiger partial charge in [0.1, 0.15) is 5.69 Å². The molecule has 0 unspecified atom stereocenters. The minimum Gasteiger partial charge on any atom is -0.260 e. The summed E-state index contributed by atoms with van der Waals surface area (Å²) in [5, 5.41) is 12.0. The minimum atomic E-state index is -0.394. The van der Waals surface area contributed by atoms with Crippen LogP contribution >= 0.6 is 0 Å². The number of terminal acetylenes is 1. The third-order valence-corrected chi connectivity index (χ3v) is 4.72. The normalized spacial score (nSPS) is 11.3. The van der Waals surface area contributed by atoms with E-state index in [9.17, 15) is 4.39 Å². The molecule has 5 heteroatoms. The third-order valence-electron chi connectivity index (χ3n) is 4.72. The van der Waals surface area contributed by atoms with Crippen molar-refractivity contribution in [3.63, 3.8) is 0 Å². The van der Waals surface area contributed by atoms with Gasteiger partial charge in [0.05, 0.1) is 12.2 Å². The molecule has 3 rings (SSSR count). The maximum absolute atomic E-state index is 14.5. The van der Waals surface area contributed by atoms with Crippen molar-refractivity contribution in [1.82, 2.24) is 9.78 Å². The van der Waals surface area contributed by atoms with Gasteiger partial charge >= 0.3 is 0 Å². The first kappa shape index (κ1) is 19.5. The van der Waals surface area contributed by atoms with E-state index in [1.165, 1.54) is 18.7 Å². The number of hydrogen-bond donors (Lipinski definition) is 0. The molecule has 0 saturated heterocycles. The SMILES string of the molecule is C#Cc1ccc(Cn2nccc2-c2cc(C)c(N=NC)c(F)c2)c(C(C)C)c1. The van der Waals surface area contributed by atoms with Crippen LogP contribution in [0.2, 0.25) is 0 Å². The number of benzene rings is 2. The van der Waals surface area contributed by atoms with Crippen molar-refractivity contribution < 1.29 is 4.39 Å². The van der Waals surface area contributed by atoms with E-state index in [4.69, 9.17) is 6.42 Å². The fourth-order valence-corrected chi connectivity index (χ4v) is 3.34. The number of hydrogen-bond acceptors (Lipinski definition) is 3. The Morgan fingerprint density at radius 3 is 2.64 bits per heavy atom. The van der Waals surface area contributed by atoms with Gasteiger partial charge in [-0.25, -0.2) is 4.39 Å². The van der Waals surface area contributed by atoms with E-state index in [0.29, 0.717) is 12.5 Å². The fourth-order valence-electron chi connectivity index (χ4n) is 3.34. The van der Waals surface area contributed by atoms with Crippen molar-refractivity contribution in [2.75, 3.05) is 7.05 Å². The zero-order valence-corrected chi connectivity index (χ0v) is 16.6. The summed E-state index contributed by atoms with van der Waals surface area (Å²) in [5.41, 5.74) is 5.81. The molecular weight excluding hydrogens is 351 g/mol. The number of azo groups is 1. The number of nitrogens with zero attached hydrogens (tertiary/aromatic N) is 4. The minimum absolute atomic E-state index is 0.268. The summed E-state index contributed by atoms with van der Waals surface area (Å²) in [5.74, 6) is 2.63. The summed E-state index contributed by atoms with van der Waals surface area (Å²) in [7, 11) is 1.53. The van der Waals surface area contributed by atoms with Crippen LogP contribution in [0.4, 0.5) is 10.1 Å². The Bertz CT molecular complexity index is 1050. The summed E-state index contributed by atoms with van der Waals surface area (Å²) in [6.45, 7) is 6.69. The third kappa shape index (κ3) is 3.86. The summed E-state index contributed by atoms with van der Waals surface area (Å²) in [6, 6.07) is 11.3. The molecule has 0 bridgehead atoms. The lowest BCUT2D eigenvalue weighted by Crippen LogP contribution is -2.07. The van der Waals surface area contributed by atoms with E-state index in [1.54, 1.807) is 6.20 Å². The van der Waals surface area contributed by atoms with Gasteiger partial charge in [0, 0.05) is 24.4 Å². The van der Waals surface area contributed by atoms with Gasteiger partial charge in [0.2, 0.25) is 0 Å². The topological polar surface area (TPSA) is 42.5 Å². The van der Waals surface area contributed by atoms with E-state index in [2.05, 4.69) is 41.2 Å². The Morgan fingerprint density at radius 1 is 1.21 bits per heavy atom. The van der Waals surface area contributed by atoms with Crippen molar-refractivity contribution >= 4 is 5.69 Å². The second kappa shape index (κ2) is 8.18. The summed E-state index contributed by atoms with van der Waals surface area (Å²) >= 11 is 0. The smallest absolute Gasteiger partial charge is 0.151 e. The molecule has 0 atom stereocenters. The first-order valence-electron chi connectivity index (χ1n) is 9.16. The molecule has 0 radical (unpaired) electrons. The Hall–Kier alpha value is -3.26. The molecule has 0 spiro atoms. The lowest BCUT2D eigenvalue weighted by molar-refractivity contribution is 0.626. The van der Waals surface area contributed by atoms with Gasteiger partial charge in [0.15, 0.2) is 5.82 Å². The van der Waals surface area contributed by atoms with Crippen LogP contribution < -0.4 is 0 Å². The first-order chi connectivity index (χ1) is 13.4. The van der Waals surface area contributed by atoms with Gasteiger partial charge < -0.3 is 0 Å². The highest BCUT2D eigenvalue weighted by Crippen LogP contribution is 2.31. The second-order valence-corrected chi connectivity index (χ2v) is 7.01. The van der Waals surface area contributed by atoms with Crippen LogP contribution in [0, 0.1) is 25.1 Å². The van der Waals surface area contributed by atoms with Crippen LogP contribution in [-0.4, -0.2) is 16.8 Å². The van der Waals surface area contributed by atoms with Crippen LogP contribution in [0.25, 0.3) is 11.3 Å². The molecule has 0 aliphatic rings. The van der Waals surface area contributed by atoms with Crippen LogP contribution in [0.3, 0.4) is 0 Å². The average Bonchev–Trinajstić information content (AvgIpc) is 3.13. The molecule has 0 aliphatic carbocycles. The Morgan fingerprint density at radius 2 is 2.00 bits per heavy atom. The highest BCUT2D eigenvalue weighted by atomic mass is 19.1. The molecule has 0 fully saturated rings. The summed E-state index contributed by atoms with van der Waals surface area (Å²) < 4.78 is 16.4. The summed E-state index contributed by atoms with van der Waals surface area (Å²) in [4.78, 5) is 0. The number of aromatic nitrogens is 2. The van der Waals surface area contributed by atoms with Crippen LogP contribution in [0.5, 0.6) is 0 Å². The standard InChI is InChI=1S/C23H23FN4/c1-6-17-7-8-18(20(12-17)15(2)3)14-28-22(9-10-26-28)19-11-16(4)23(27-25-5)21(24)13-19/h1,7-13,15H,14H2,2-5H3. The molecule has 4 nitrogen and oxygen atoms in total. The lowest BCUT2D eigenvalue weighted by atomic mass is 9.95. The van der Waals surface area contributed by atoms with Crippen molar-refractivity contribution in [1.29, 1.82) is 0 Å². The van der Waals surface area contributed by atoms with Crippen molar-refractivity contribution in [2.24, 2.45) is 10.2 Å². The molecule has 142 valence electrons. The van der Waals surface area contributed by atoms with Crippen LogP contribution in [0.15, 0.2) is 52.8 Å². The number of rotatable bonds is 5. The Balaban J connectivity index is 2.02. The summed E-state index contributed by atoms with van der Waals surface area (Å²) in [6.07, 6.45) is 7.28. The molecule has 2 aromatic carbocycles. The monoisotopic (exact) mass is 374 g/mol. The number of halogens is 1. The zero-order chi connectivity index (χ0) is 20.3. The van der Waals surface area contributed by atoms with Crippen LogP contribution in [-0.2, 0) is 6.54 Å². The van der Waals surface area contributed by atoms with Gasteiger partial charge in [0.25, 0.3) is 0 Å². The maximum Gasteiger partial charge on any atom is 0.151 e. The van der Waals surface area contributed by atoms with E-state index < -0.39 is 5.82 Å². The van der Waals surface area contributed by atoms with Gasteiger partial charge in [-0.1, -0.05) is 25.8 Å². The van der Waals surface area contributed by atoms with E-state index >= 15 is 0 Å². The van der Waals surface area contributed by atoms with Gasteiger partial charge in [-0.2, -0.15) is 15.3 Å². The van der Waals surface area contributed by atoms with Gasteiger partial charge in [-0.05, 0) is 59.9 Å². The van der Waals surface area contributed by atoms with Crippen molar-refractivity contribution in [3.05, 3.63) is 70.7 Å². The largest absolute Gasteiger partial charge is 0.260 e. The molecule has 0 N–H and O–H groups in total. The Labute approximate surface area is 165 Å². The van der Waals surface area contributed by atoms with Crippen LogP contribution in [0.1, 0.15) is 42.0 Å². The zero-order valence-electron chi connectivity index (χ0n) is 16.6. The Kier molecular flexibility index (Phi) is 5.70. The molecule has 0 saturated carbocycles. The predicted octanol–water partition coefficient (Wildman–Crippen LogP) is 5.86. The lowest BCUT2D eigenvalue weighted by Gasteiger charge is -2.15. The predicted molar refractivity (Wildman–Crippen MR) is 110 cm³/mol. The number of aryl methyl sites for hydroxylation is 1. The molecular formula is C23H23FN4. The molecule has 3 aromatic rings. The fraction of sp³-hybridized carbons (Fsp3) is 0.261. The highest BCUT2D eigenvalue weighted by Gasteiger charge is 2.14.